The average molecular weight is 497 g/mol. The predicted molar refractivity (Wildman–Crippen MR) is 159 cm³/mol. The van der Waals surface area contributed by atoms with Crippen LogP contribution in [0.3, 0.4) is 0 Å². The quantitative estimate of drug-likeness (QED) is 0.548. The molecule has 0 aliphatic carbocycles. The van der Waals surface area contributed by atoms with E-state index in [2.05, 4.69) is 89.9 Å². The highest BCUT2D eigenvalue weighted by atomic mass is 14.9. The van der Waals surface area contributed by atoms with Crippen molar-refractivity contribution in [2.24, 2.45) is 20.0 Å². The molecule has 1 aliphatic rings. The van der Waals surface area contributed by atoms with E-state index in [1.165, 1.54) is 11.1 Å². The maximum absolute atomic E-state index is 4.83. The first-order chi connectivity index (χ1) is 18.1. The Kier molecular flexibility index (Phi) is 12.0. The molecule has 3 rings (SSSR count). The SMILES string of the molecule is CC1=NCCCN=C/C(=C(\C)NCc2ccccc2)C=NCCCN=C/C1=C(\C)NCc1ccccc1. The van der Waals surface area contributed by atoms with Crippen molar-refractivity contribution in [3.8, 4) is 0 Å². The Balaban J connectivity index is 1.66. The molecular formula is C31H40N6. The average Bonchev–Trinajstić information content (AvgIpc) is 2.93. The molecule has 0 saturated carbocycles. The molecule has 0 unspecified atom stereocenters. The van der Waals surface area contributed by atoms with Gasteiger partial charge in [0.25, 0.3) is 0 Å². The molecular weight excluding hydrogens is 456 g/mol. The maximum Gasteiger partial charge on any atom is 0.0422 e. The Hall–Kier alpha value is -3.80. The van der Waals surface area contributed by atoms with E-state index >= 15 is 0 Å². The third-order valence-corrected chi connectivity index (χ3v) is 6.08. The van der Waals surface area contributed by atoms with E-state index in [9.17, 15) is 0 Å². The van der Waals surface area contributed by atoms with Gasteiger partial charge in [0.1, 0.15) is 0 Å². The topological polar surface area (TPSA) is 73.5 Å². The van der Waals surface area contributed by atoms with E-state index in [0.29, 0.717) is 0 Å². The van der Waals surface area contributed by atoms with Gasteiger partial charge in [0.2, 0.25) is 0 Å². The summed E-state index contributed by atoms with van der Waals surface area (Å²) in [4.78, 5) is 18.8. The van der Waals surface area contributed by atoms with Gasteiger partial charge in [0, 0.05) is 86.2 Å². The largest absolute Gasteiger partial charge is 0.384 e. The van der Waals surface area contributed by atoms with Crippen LogP contribution in [-0.2, 0) is 13.1 Å². The minimum absolute atomic E-state index is 0.720. The van der Waals surface area contributed by atoms with Crippen molar-refractivity contribution in [2.75, 3.05) is 26.2 Å². The van der Waals surface area contributed by atoms with E-state index in [4.69, 9.17) is 9.98 Å². The lowest BCUT2D eigenvalue weighted by Gasteiger charge is -2.12. The number of benzene rings is 2. The minimum atomic E-state index is 0.720. The Morgan fingerprint density at radius 1 is 0.649 bits per heavy atom. The summed E-state index contributed by atoms with van der Waals surface area (Å²) in [7, 11) is 0. The Labute approximate surface area is 222 Å². The molecule has 6 heteroatoms. The zero-order valence-corrected chi connectivity index (χ0v) is 22.5. The fourth-order valence-corrected chi connectivity index (χ4v) is 3.78. The number of rotatable bonds is 6. The molecule has 194 valence electrons. The van der Waals surface area contributed by atoms with Crippen molar-refractivity contribution >= 4 is 24.4 Å². The zero-order valence-electron chi connectivity index (χ0n) is 22.5. The molecule has 1 heterocycles. The third kappa shape index (κ3) is 10.4. The second-order valence-electron chi connectivity index (χ2n) is 9.08. The van der Waals surface area contributed by atoms with Crippen molar-refractivity contribution in [1.29, 1.82) is 0 Å². The minimum Gasteiger partial charge on any atom is -0.384 e. The van der Waals surface area contributed by atoms with E-state index in [1.54, 1.807) is 0 Å². The highest BCUT2D eigenvalue weighted by molar-refractivity contribution is 6.15. The van der Waals surface area contributed by atoms with E-state index in [0.717, 1.165) is 80.4 Å². The summed E-state index contributed by atoms with van der Waals surface area (Å²) in [5.74, 6) is 0. The molecule has 6 nitrogen and oxygen atoms in total. The standard InChI is InChI=1S/C31H40N6/c1-25(36-20-28-12-6-4-7-13-28)30-22-32-16-10-17-34-24-31(26(2)35-19-11-18-33-23-30)27(3)37-21-29-14-8-5-9-15-29/h4-9,12-15,22-24,36-37H,10-11,16-21H2,1-3H3/b30-25+,31-27-,32-22?,33-23?,34-24?,35-26?. The zero-order chi connectivity index (χ0) is 26.1. The van der Waals surface area contributed by atoms with Crippen LogP contribution in [0.1, 0.15) is 44.7 Å². The van der Waals surface area contributed by atoms with Gasteiger partial charge in [-0.15, -0.1) is 0 Å². The van der Waals surface area contributed by atoms with Crippen LogP contribution < -0.4 is 10.6 Å². The molecule has 37 heavy (non-hydrogen) atoms. The van der Waals surface area contributed by atoms with Crippen LogP contribution in [0.2, 0.25) is 0 Å². The Morgan fingerprint density at radius 3 is 1.70 bits per heavy atom. The second kappa shape index (κ2) is 16.0. The number of aliphatic imine (C=N–C) groups is 4. The van der Waals surface area contributed by atoms with E-state index in [1.807, 2.05) is 30.8 Å². The van der Waals surface area contributed by atoms with Crippen LogP contribution in [0.15, 0.2) is 103 Å². The van der Waals surface area contributed by atoms with Crippen LogP contribution in [0.25, 0.3) is 0 Å². The van der Waals surface area contributed by atoms with Gasteiger partial charge < -0.3 is 10.6 Å². The Bertz CT molecular complexity index is 1140. The molecule has 2 aromatic rings. The lowest BCUT2D eigenvalue weighted by Crippen LogP contribution is -2.16. The maximum atomic E-state index is 4.83. The molecule has 0 bridgehead atoms. The van der Waals surface area contributed by atoms with Crippen molar-refractivity contribution in [3.63, 3.8) is 0 Å². The first-order valence-electron chi connectivity index (χ1n) is 13.1. The van der Waals surface area contributed by atoms with E-state index in [-0.39, 0.29) is 0 Å². The molecule has 2 N–H and O–H groups in total. The van der Waals surface area contributed by atoms with Crippen LogP contribution in [0.5, 0.6) is 0 Å². The summed E-state index contributed by atoms with van der Waals surface area (Å²) < 4.78 is 0. The summed E-state index contributed by atoms with van der Waals surface area (Å²) in [5.41, 5.74) is 7.71. The van der Waals surface area contributed by atoms with Crippen LogP contribution in [0.4, 0.5) is 0 Å². The van der Waals surface area contributed by atoms with Crippen LogP contribution >= 0.6 is 0 Å². The van der Waals surface area contributed by atoms with E-state index < -0.39 is 0 Å². The lowest BCUT2D eigenvalue weighted by molar-refractivity contribution is 0.806. The van der Waals surface area contributed by atoms with Gasteiger partial charge in [-0.05, 0) is 44.7 Å². The first kappa shape index (κ1) is 27.8. The van der Waals surface area contributed by atoms with Gasteiger partial charge in [0.05, 0.1) is 0 Å². The highest BCUT2D eigenvalue weighted by Gasteiger charge is 2.05. The molecule has 2 aromatic carbocycles. The number of nitrogens with zero attached hydrogens (tertiary/aromatic N) is 4. The molecule has 1 aliphatic heterocycles. The molecule has 0 saturated heterocycles. The molecule has 0 spiro atoms. The van der Waals surface area contributed by atoms with Gasteiger partial charge in [-0.2, -0.15) is 0 Å². The van der Waals surface area contributed by atoms with Crippen molar-refractivity contribution in [2.45, 2.75) is 46.7 Å². The van der Waals surface area contributed by atoms with Crippen LogP contribution in [0, 0.1) is 0 Å². The molecule has 0 aromatic heterocycles. The lowest BCUT2D eigenvalue weighted by atomic mass is 10.1. The third-order valence-electron chi connectivity index (χ3n) is 6.08. The summed E-state index contributed by atoms with van der Waals surface area (Å²) in [6.45, 7) is 10.7. The van der Waals surface area contributed by atoms with Gasteiger partial charge >= 0.3 is 0 Å². The summed E-state index contributed by atoms with van der Waals surface area (Å²) in [5, 5.41) is 7.04. The Morgan fingerprint density at radius 2 is 1.14 bits per heavy atom. The van der Waals surface area contributed by atoms with Crippen molar-refractivity contribution in [3.05, 3.63) is 94.3 Å². The van der Waals surface area contributed by atoms with Crippen molar-refractivity contribution in [1.82, 2.24) is 10.6 Å². The molecule has 0 fully saturated rings. The monoisotopic (exact) mass is 496 g/mol. The van der Waals surface area contributed by atoms with Gasteiger partial charge in [0.15, 0.2) is 0 Å². The predicted octanol–water partition coefficient (Wildman–Crippen LogP) is 5.58. The smallest absolute Gasteiger partial charge is 0.0422 e. The summed E-state index contributed by atoms with van der Waals surface area (Å²) >= 11 is 0. The fourth-order valence-electron chi connectivity index (χ4n) is 3.78. The van der Waals surface area contributed by atoms with Crippen LogP contribution in [-0.4, -0.2) is 50.5 Å². The number of hydrogen-bond donors (Lipinski definition) is 2. The van der Waals surface area contributed by atoms with Crippen molar-refractivity contribution < 1.29 is 0 Å². The van der Waals surface area contributed by atoms with Gasteiger partial charge in [-0.3, -0.25) is 20.0 Å². The first-order valence-corrected chi connectivity index (χ1v) is 13.1. The number of allylic oxidation sites excluding steroid dienone is 4. The summed E-state index contributed by atoms with van der Waals surface area (Å²) in [6, 6.07) is 20.8. The molecule has 0 amide bonds. The normalized spacial score (nSPS) is 18.2. The number of nitrogens with one attached hydrogen (secondary N) is 2. The van der Waals surface area contributed by atoms with Gasteiger partial charge in [-0.25, -0.2) is 0 Å². The number of hydrogen-bond acceptors (Lipinski definition) is 6. The summed E-state index contributed by atoms with van der Waals surface area (Å²) in [6.07, 6.45) is 7.59. The highest BCUT2D eigenvalue weighted by Crippen LogP contribution is 2.07. The van der Waals surface area contributed by atoms with Gasteiger partial charge in [-0.1, -0.05) is 60.7 Å². The fraction of sp³-hybridized carbons (Fsp3) is 0.355. The second-order valence-corrected chi connectivity index (χ2v) is 9.08. The molecule has 0 atom stereocenters. The molecule has 0 radical (unpaired) electrons.